The summed E-state index contributed by atoms with van der Waals surface area (Å²) in [6, 6.07) is 7.08. The number of ether oxygens (including phenoxy) is 1. The summed E-state index contributed by atoms with van der Waals surface area (Å²) >= 11 is 0. The topological polar surface area (TPSA) is 70.7 Å². The predicted molar refractivity (Wildman–Crippen MR) is 78.9 cm³/mol. The number of methoxy groups -OCH3 is 1. The van der Waals surface area contributed by atoms with Gasteiger partial charge in [0.05, 0.1) is 7.11 Å². The summed E-state index contributed by atoms with van der Waals surface area (Å²) in [5.74, 6) is 0.514. The van der Waals surface area contributed by atoms with Crippen LogP contribution in [0.25, 0.3) is 0 Å². The van der Waals surface area contributed by atoms with E-state index in [0.717, 1.165) is 17.9 Å². The summed E-state index contributed by atoms with van der Waals surface area (Å²) in [7, 11) is 1.60. The van der Waals surface area contributed by atoms with Crippen LogP contribution in [0.4, 0.5) is 0 Å². The smallest absolute Gasteiger partial charge is 0.244 e. The lowest BCUT2D eigenvalue weighted by atomic mass is 10.1. The number of amides is 2. The molecule has 1 fully saturated rings. The van der Waals surface area contributed by atoms with Crippen LogP contribution < -0.4 is 15.4 Å². The molecule has 0 radical (unpaired) electrons. The van der Waals surface area contributed by atoms with Crippen molar-refractivity contribution < 1.29 is 14.3 Å². The molecule has 1 atom stereocenters. The Balaban J connectivity index is 1.99. The van der Waals surface area contributed by atoms with Crippen LogP contribution in [0.5, 0.6) is 5.75 Å². The fraction of sp³-hybridized carbons (Fsp3) is 0.467. The molecule has 1 saturated heterocycles. The molecule has 2 rings (SSSR count). The van der Waals surface area contributed by atoms with Gasteiger partial charge < -0.3 is 20.3 Å². The van der Waals surface area contributed by atoms with Gasteiger partial charge >= 0.3 is 0 Å². The maximum Gasteiger partial charge on any atom is 0.244 e. The number of nitrogens with one attached hydrogen (secondary N) is 2. The number of para-hydroxylation sites is 1. The molecule has 21 heavy (non-hydrogen) atoms. The molecular weight excluding hydrogens is 270 g/mol. The molecule has 1 heterocycles. The first kappa shape index (κ1) is 15.3. The minimum Gasteiger partial charge on any atom is -0.496 e. The summed E-state index contributed by atoms with van der Waals surface area (Å²) < 4.78 is 5.25. The van der Waals surface area contributed by atoms with Gasteiger partial charge in [-0.05, 0) is 6.07 Å². The normalized spacial score (nSPS) is 18.2. The van der Waals surface area contributed by atoms with Crippen molar-refractivity contribution in [3.8, 4) is 5.75 Å². The van der Waals surface area contributed by atoms with Gasteiger partial charge in [-0.15, -0.1) is 0 Å². The van der Waals surface area contributed by atoms with Crippen LogP contribution in [-0.4, -0.2) is 49.5 Å². The molecule has 2 N–H and O–H groups in total. The largest absolute Gasteiger partial charge is 0.496 e. The van der Waals surface area contributed by atoms with E-state index < -0.39 is 6.04 Å². The van der Waals surface area contributed by atoms with Crippen molar-refractivity contribution in [2.24, 2.45) is 0 Å². The van der Waals surface area contributed by atoms with Gasteiger partial charge in [0.25, 0.3) is 0 Å². The number of carbonyl (C=O) groups is 2. The highest BCUT2D eigenvalue weighted by molar-refractivity contribution is 5.87. The molecule has 1 aliphatic rings. The van der Waals surface area contributed by atoms with Crippen molar-refractivity contribution in [3.05, 3.63) is 29.8 Å². The predicted octanol–water partition coefficient (Wildman–Crippen LogP) is 0.132. The number of piperazine rings is 1. The van der Waals surface area contributed by atoms with E-state index >= 15 is 0 Å². The molecule has 2 amide bonds. The molecule has 0 unspecified atom stereocenters. The molecule has 0 bridgehead atoms. The third-order valence-corrected chi connectivity index (χ3v) is 3.60. The Hall–Kier alpha value is -2.08. The Kier molecular flexibility index (Phi) is 5.16. The van der Waals surface area contributed by atoms with E-state index in [0.29, 0.717) is 19.6 Å². The summed E-state index contributed by atoms with van der Waals surface area (Å²) in [6.45, 7) is 3.63. The number of hydrogen-bond acceptors (Lipinski definition) is 4. The minimum absolute atomic E-state index is 0.0751. The third kappa shape index (κ3) is 3.72. The van der Waals surface area contributed by atoms with E-state index in [1.807, 2.05) is 24.3 Å². The summed E-state index contributed by atoms with van der Waals surface area (Å²) in [6.07, 6.45) is 0. The molecule has 1 aromatic rings. The van der Waals surface area contributed by atoms with Crippen LogP contribution in [-0.2, 0) is 16.1 Å². The monoisotopic (exact) mass is 291 g/mol. The Labute approximate surface area is 124 Å². The van der Waals surface area contributed by atoms with Crippen LogP contribution in [0, 0.1) is 0 Å². The Morgan fingerprint density at radius 1 is 1.43 bits per heavy atom. The van der Waals surface area contributed by atoms with Crippen molar-refractivity contribution in [3.63, 3.8) is 0 Å². The Morgan fingerprint density at radius 3 is 2.90 bits per heavy atom. The lowest BCUT2D eigenvalue weighted by Gasteiger charge is -2.34. The minimum atomic E-state index is -0.453. The summed E-state index contributed by atoms with van der Waals surface area (Å²) in [4.78, 5) is 25.5. The van der Waals surface area contributed by atoms with E-state index in [9.17, 15) is 9.59 Å². The molecular formula is C15H21N3O3. The second-order valence-corrected chi connectivity index (χ2v) is 4.96. The highest BCUT2D eigenvalue weighted by atomic mass is 16.5. The van der Waals surface area contributed by atoms with Crippen molar-refractivity contribution in [1.29, 1.82) is 0 Å². The maximum absolute atomic E-state index is 12.3. The molecule has 0 spiro atoms. The molecule has 0 saturated carbocycles. The van der Waals surface area contributed by atoms with Crippen LogP contribution in [0.15, 0.2) is 24.3 Å². The average molecular weight is 291 g/mol. The molecule has 6 heteroatoms. The maximum atomic E-state index is 12.3. The number of carbonyl (C=O) groups excluding carboxylic acids is 2. The number of rotatable bonds is 4. The van der Waals surface area contributed by atoms with Gasteiger partial charge in [0.2, 0.25) is 11.8 Å². The standard InChI is InChI=1S/C15H21N3O3/c1-11(19)18-8-7-16-10-13(18)15(20)17-9-12-5-3-4-6-14(12)21-2/h3-6,13,16H,7-10H2,1-2H3,(H,17,20)/t13-/m0/s1. The van der Waals surface area contributed by atoms with Gasteiger partial charge in [-0.25, -0.2) is 0 Å². The SMILES string of the molecule is COc1ccccc1CNC(=O)[C@@H]1CNCCN1C(C)=O. The molecule has 1 aromatic carbocycles. The summed E-state index contributed by atoms with van der Waals surface area (Å²) in [5.41, 5.74) is 0.909. The highest BCUT2D eigenvalue weighted by Crippen LogP contribution is 2.16. The second kappa shape index (κ2) is 7.08. The lowest BCUT2D eigenvalue weighted by Crippen LogP contribution is -2.59. The molecule has 1 aliphatic heterocycles. The Morgan fingerprint density at radius 2 is 2.19 bits per heavy atom. The van der Waals surface area contributed by atoms with Crippen LogP contribution in [0.1, 0.15) is 12.5 Å². The second-order valence-electron chi connectivity index (χ2n) is 4.96. The average Bonchev–Trinajstić information content (AvgIpc) is 2.52. The van der Waals surface area contributed by atoms with Crippen molar-refractivity contribution in [2.75, 3.05) is 26.7 Å². The molecule has 6 nitrogen and oxygen atoms in total. The van der Waals surface area contributed by atoms with Gasteiger partial charge in [0, 0.05) is 38.7 Å². The van der Waals surface area contributed by atoms with Crippen LogP contribution >= 0.6 is 0 Å². The van der Waals surface area contributed by atoms with E-state index in [2.05, 4.69) is 10.6 Å². The van der Waals surface area contributed by atoms with Gasteiger partial charge in [0.1, 0.15) is 11.8 Å². The van der Waals surface area contributed by atoms with Gasteiger partial charge in [-0.3, -0.25) is 9.59 Å². The highest BCUT2D eigenvalue weighted by Gasteiger charge is 2.30. The van der Waals surface area contributed by atoms with Crippen molar-refractivity contribution in [1.82, 2.24) is 15.5 Å². The van der Waals surface area contributed by atoms with Crippen LogP contribution in [0.3, 0.4) is 0 Å². The first-order valence-corrected chi connectivity index (χ1v) is 7.01. The quantitative estimate of drug-likeness (QED) is 0.827. The van der Waals surface area contributed by atoms with E-state index in [-0.39, 0.29) is 11.8 Å². The first-order valence-electron chi connectivity index (χ1n) is 7.01. The van der Waals surface area contributed by atoms with Gasteiger partial charge in [-0.2, -0.15) is 0 Å². The van der Waals surface area contributed by atoms with Crippen LogP contribution in [0.2, 0.25) is 0 Å². The number of hydrogen-bond donors (Lipinski definition) is 2. The zero-order valence-corrected chi connectivity index (χ0v) is 12.4. The Bertz CT molecular complexity index is 519. The zero-order valence-electron chi connectivity index (χ0n) is 12.4. The van der Waals surface area contributed by atoms with Crippen molar-refractivity contribution >= 4 is 11.8 Å². The van der Waals surface area contributed by atoms with Gasteiger partial charge in [0.15, 0.2) is 0 Å². The fourth-order valence-electron chi connectivity index (χ4n) is 2.46. The van der Waals surface area contributed by atoms with E-state index in [4.69, 9.17) is 4.74 Å². The zero-order chi connectivity index (χ0) is 15.2. The fourth-order valence-corrected chi connectivity index (χ4v) is 2.46. The van der Waals surface area contributed by atoms with E-state index in [1.165, 1.54) is 6.92 Å². The van der Waals surface area contributed by atoms with E-state index in [1.54, 1.807) is 12.0 Å². The summed E-state index contributed by atoms with van der Waals surface area (Å²) in [5, 5.41) is 6.02. The molecule has 0 aliphatic carbocycles. The lowest BCUT2D eigenvalue weighted by molar-refractivity contribution is -0.140. The first-order chi connectivity index (χ1) is 10.1. The van der Waals surface area contributed by atoms with Gasteiger partial charge in [-0.1, -0.05) is 18.2 Å². The third-order valence-electron chi connectivity index (χ3n) is 3.60. The molecule has 114 valence electrons. The number of nitrogens with zero attached hydrogens (tertiary/aromatic N) is 1. The molecule has 0 aromatic heterocycles. The van der Waals surface area contributed by atoms with Crippen molar-refractivity contribution in [2.45, 2.75) is 19.5 Å². The number of benzene rings is 1.